The van der Waals surface area contributed by atoms with Gasteiger partial charge in [0.05, 0.1) is 5.52 Å². The molecule has 2 heteroatoms. The normalized spacial score (nSPS) is 11.7. The Kier molecular flexibility index (Phi) is 2.82. The van der Waals surface area contributed by atoms with Gasteiger partial charge in [-0.05, 0) is 44.5 Å². The van der Waals surface area contributed by atoms with E-state index in [0.717, 1.165) is 17.6 Å². The first kappa shape index (κ1) is 10.9. The third-order valence-corrected chi connectivity index (χ3v) is 2.97. The largest absolute Gasteiger partial charge is 0.380 e. The minimum Gasteiger partial charge on any atom is -0.380 e. The molecule has 0 saturated heterocycles. The van der Waals surface area contributed by atoms with Crippen molar-refractivity contribution in [3.05, 3.63) is 36.5 Å². The number of nitrogens with one attached hydrogen (secondary N) is 1. The summed E-state index contributed by atoms with van der Waals surface area (Å²) in [4.78, 5) is 4.31. The molecule has 0 aliphatic carbocycles. The van der Waals surface area contributed by atoms with Crippen molar-refractivity contribution in [2.75, 3.05) is 5.32 Å². The first-order valence-corrected chi connectivity index (χ1v) is 5.74. The van der Waals surface area contributed by atoms with Crippen LogP contribution in [0.25, 0.3) is 10.9 Å². The van der Waals surface area contributed by atoms with Gasteiger partial charge in [-0.3, -0.25) is 4.98 Å². The van der Waals surface area contributed by atoms with Crippen molar-refractivity contribution in [2.45, 2.75) is 32.7 Å². The van der Waals surface area contributed by atoms with Gasteiger partial charge in [-0.25, -0.2) is 0 Å². The lowest BCUT2D eigenvalue weighted by atomic mass is 10.0. The lowest BCUT2D eigenvalue weighted by Crippen LogP contribution is -2.29. The summed E-state index contributed by atoms with van der Waals surface area (Å²) in [7, 11) is 0. The van der Waals surface area contributed by atoms with E-state index in [9.17, 15) is 0 Å². The number of hydrogen-bond acceptors (Lipinski definition) is 2. The standard InChI is InChI=1S/C14H18N2/c1-4-14(2,3)16-12-7-8-13-11(10-12)6-5-9-15-13/h5-10,16H,4H2,1-3H3. The number of pyridine rings is 1. The molecule has 0 unspecified atom stereocenters. The lowest BCUT2D eigenvalue weighted by molar-refractivity contribution is 0.547. The summed E-state index contributed by atoms with van der Waals surface area (Å²) in [6.45, 7) is 6.61. The SMILES string of the molecule is CCC(C)(C)Nc1ccc2ncccc2c1. The second-order valence-corrected chi connectivity index (χ2v) is 4.77. The number of rotatable bonds is 3. The molecule has 0 atom stereocenters. The van der Waals surface area contributed by atoms with E-state index < -0.39 is 0 Å². The zero-order chi connectivity index (χ0) is 11.6. The minimum absolute atomic E-state index is 0.135. The molecule has 84 valence electrons. The fraction of sp³-hybridized carbons (Fsp3) is 0.357. The molecule has 0 saturated carbocycles. The molecule has 2 aromatic rings. The molecular weight excluding hydrogens is 196 g/mol. The van der Waals surface area contributed by atoms with Crippen LogP contribution in [0.4, 0.5) is 5.69 Å². The summed E-state index contributed by atoms with van der Waals surface area (Å²) in [5.74, 6) is 0. The first-order chi connectivity index (χ1) is 7.61. The molecule has 1 heterocycles. The summed E-state index contributed by atoms with van der Waals surface area (Å²) in [5, 5.41) is 4.71. The average Bonchev–Trinajstić information content (AvgIpc) is 2.28. The van der Waals surface area contributed by atoms with E-state index >= 15 is 0 Å². The molecule has 1 aromatic heterocycles. The van der Waals surface area contributed by atoms with Gasteiger partial charge in [0.1, 0.15) is 0 Å². The third kappa shape index (κ3) is 2.32. The zero-order valence-electron chi connectivity index (χ0n) is 10.1. The zero-order valence-corrected chi connectivity index (χ0v) is 10.1. The van der Waals surface area contributed by atoms with E-state index in [1.165, 1.54) is 5.39 Å². The minimum atomic E-state index is 0.135. The molecule has 0 fully saturated rings. The molecule has 2 nitrogen and oxygen atoms in total. The molecule has 1 N–H and O–H groups in total. The molecule has 0 bridgehead atoms. The number of aromatic nitrogens is 1. The summed E-state index contributed by atoms with van der Waals surface area (Å²) in [6.07, 6.45) is 2.92. The van der Waals surface area contributed by atoms with Gasteiger partial charge in [-0.1, -0.05) is 13.0 Å². The molecular formula is C14H18N2. The van der Waals surface area contributed by atoms with E-state index in [1.54, 1.807) is 0 Å². The van der Waals surface area contributed by atoms with Crippen molar-refractivity contribution in [1.82, 2.24) is 4.98 Å². The quantitative estimate of drug-likeness (QED) is 0.839. The highest BCUT2D eigenvalue weighted by Crippen LogP contribution is 2.21. The Morgan fingerprint density at radius 1 is 1.25 bits per heavy atom. The third-order valence-electron chi connectivity index (χ3n) is 2.97. The van der Waals surface area contributed by atoms with Gasteiger partial charge in [-0.2, -0.15) is 0 Å². The smallest absolute Gasteiger partial charge is 0.0703 e. The highest BCUT2D eigenvalue weighted by atomic mass is 15.0. The molecule has 16 heavy (non-hydrogen) atoms. The van der Waals surface area contributed by atoms with Gasteiger partial charge >= 0.3 is 0 Å². The van der Waals surface area contributed by atoms with Crippen molar-refractivity contribution in [1.29, 1.82) is 0 Å². The van der Waals surface area contributed by atoms with E-state index in [-0.39, 0.29) is 5.54 Å². The topological polar surface area (TPSA) is 24.9 Å². The Morgan fingerprint density at radius 2 is 2.06 bits per heavy atom. The molecule has 1 aromatic carbocycles. The predicted octanol–water partition coefficient (Wildman–Crippen LogP) is 3.84. The molecule has 0 aliphatic heterocycles. The van der Waals surface area contributed by atoms with E-state index in [4.69, 9.17) is 0 Å². The molecule has 2 rings (SSSR count). The Morgan fingerprint density at radius 3 is 2.81 bits per heavy atom. The summed E-state index contributed by atoms with van der Waals surface area (Å²) in [5.41, 5.74) is 2.34. The number of nitrogens with zero attached hydrogens (tertiary/aromatic N) is 1. The predicted molar refractivity (Wildman–Crippen MR) is 69.7 cm³/mol. The van der Waals surface area contributed by atoms with Crippen molar-refractivity contribution < 1.29 is 0 Å². The fourth-order valence-electron chi connectivity index (χ4n) is 1.63. The Bertz CT molecular complexity index is 489. The van der Waals surface area contributed by atoms with Crippen LogP contribution in [0, 0.1) is 0 Å². The van der Waals surface area contributed by atoms with Crippen LogP contribution in [0.3, 0.4) is 0 Å². The maximum Gasteiger partial charge on any atom is 0.0703 e. The van der Waals surface area contributed by atoms with Crippen LogP contribution in [-0.2, 0) is 0 Å². The van der Waals surface area contributed by atoms with Crippen LogP contribution in [-0.4, -0.2) is 10.5 Å². The molecule has 0 spiro atoms. The Hall–Kier alpha value is -1.57. The Balaban J connectivity index is 2.33. The monoisotopic (exact) mass is 214 g/mol. The molecule has 0 aliphatic rings. The van der Waals surface area contributed by atoms with Gasteiger partial charge in [0.25, 0.3) is 0 Å². The van der Waals surface area contributed by atoms with Gasteiger partial charge in [0.2, 0.25) is 0 Å². The van der Waals surface area contributed by atoms with E-state index in [2.05, 4.69) is 55.3 Å². The van der Waals surface area contributed by atoms with Crippen molar-refractivity contribution in [2.24, 2.45) is 0 Å². The van der Waals surface area contributed by atoms with Crippen LogP contribution in [0.15, 0.2) is 36.5 Å². The second kappa shape index (κ2) is 4.12. The van der Waals surface area contributed by atoms with Gasteiger partial charge in [0.15, 0.2) is 0 Å². The van der Waals surface area contributed by atoms with Gasteiger partial charge in [-0.15, -0.1) is 0 Å². The van der Waals surface area contributed by atoms with E-state index in [1.807, 2.05) is 12.3 Å². The van der Waals surface area contributed by atoms with Crippen LogP contribution >= 0.6 is 0 Å². The van der Waals surface area contributed by atoms with Gasteiger partial charge in [0, 0.05) is 22.8 Å². The van der Waals surface area contributed by atoms with Gasteiger partial charge < -0.3 is 5.32 Å². The molecule has 0 amide bonds. The molecule has 0 radical (unpaired) electrons. The maximum absolute atomic E-state index is 4.31. The Labute approximate surface area is 96.7 Å². The maximum atomic E-state index is 4.31. The number of benzene rings is 1. The van der Waals surface area contributed by atoms with Crippen molar-refractivity contribution >= 4 is 16.6 Å². The van der Waals surface area contributed by atoms with Crippen LogP contribution in [0.1, 0.15) is 27.2 Å². The summed E-state index contributed by atoms with van der Waals surface area (Å²) < 4.78 is 0. The number of fused-ring (bicyclic) bond motifs is 1. The van der Waals surface area contributed by atoms with E-state index in [0.29, 0.717) is 0 Å². The second-order valence-electron chi connectivity index (χ2n) is 4.77. The highest BCUT2D eigenvalue weighted by molar-refractivity contribution is 5.82. The van der Waals surface area contributed by atoms with Crippen LogP contribution in [0.5, 0.6) is 0 Å². The van der Waals surface area contributed by atoms with Crippen molar-refractivity contribution in [3.8, 4) is 0 Å². The number of hydrogen-bond donors (Lipinski definition) is 1. The average molecular weight is 214 g/mol. The van der Waals surface area contributed by atoms with Crippen LogP contribution < -0.4 is 5.32 Å². The fourth-order valence-corrected chi connectivity index (χ4v) is 1.63. The van der Waals surface area contributed by atoms with Crippen LogP contribution in [0.2, 0.25) is 0 Å². The highest BCUT2D eigenvalue weighted by Gasteiger charge is 2.13. The first-order valence-electron chi connectivity index (χ1n) is 5.74. The van der Waals surface area contributed by atoms with Crippen molar-refractivity contribution in [3.63, 3.8) is 0 Å². The number of anilines is 1. The summed E-state index contributed by atoms with van der Waals surface area (Å²) >= 11 is 0. The summed E-state index contributed by atoms with van der Waals surface area (Å²) in [6, 6.07) is 10.4. The lowest BCUT2D eigenvalue weighted by Gasteiger charge is -2.26.